The molecule has 30 heavy (non-hydrogen) atoms. The topological polar surface area (TPSA) is 60.7 Å². The van der Waals surface area contributed by atoms with Crippen LogP contribution in [0.1, 0.15) is 22.4 Å². The summed E-state index contributed by atoms with van der Waals surface area (Å²) < 4.78 is 12.7. The normalized spacial score (nSPS) is 11.0. The van der Waals surface area contributed by atoms with Gasteiger partial charge in [-0.05, 0) is 69.2 Å². The minimum Gasteiger partial charge on any atom is -0.493 e. The molecule has 0 bridgehead atoms. The molecule has 0 unspecified atom stereocenters. The van der Waals surface area contributed by atoms with E-state index < -0.39 is 0 Å². The molecule has 1 N–H and O–H groups in total. The summed E-state index contributed by atoms with van der Waals surface area (Å²) in [6, 6.07) is 14.2. The van der Waals surface area contributed by atoms with Crippen LogP contribution in [-0.2, 0) is 0 Å². The molecule has 0 fully saturated rings. The monoisotopic (exact) mass is 402 g/mol. The van der Waals surface area contributed by atoms with Gasteiger partial charge in [-0.25, -0.2) is 4.98 Å². The Labute approximate surface area is 176 Å². The van der Waals surface area contributed by atoms with Crippen molar-refractivity contribution in [1.29, 1.82) is 0 Å². The van der Waals surface area contributed by atoms with Crippen molar-refractivity contribution >= 4 is 17.2 Å². The second-order valence-electron chi connectivity index (χ2n) is 7.49. The van der Waals surface area contributed by atoms with Gasteiger partial charge in [0.2, 0.25) is 0 Å². The van der Waals surface area contributed by atoms with Crippen molar-refractivity contribution in [1.82, 2.24) is 14.6 Å². The second-order valence-corrected chi connectivity index (χ2v) is 7.49. The fourth-order valence-corrected chi connectivity index (χ4v) is 3.56. The fourth-order valence-electron chi connectivity index (χ4n) is 3.56. The fraction of sp³-hybridized carbons (Fsp3) is 0.250. The molecule has 0 aliphatic carbocycles. The van der Waals surface area contributed by atoms with Gasteiger partial charge in [0.05, 0.1) is 19.9 Å². The third-order valence-corrected chi connectivity index (χ3v) is 5.38. The zero-order valence-electron chi connectivity index (χ0n) is 18.2. The summed E-state index contributed by atoms with van der Waals surface area (Å²) in [5.41, 5.74) is 8.09. The third kappa shape index (κ3) is 3.45. The van der Waals surface area contributed by atoms with E-state index in [1.165, 1.54) is 11.1 Å². The largest absolute Gasteiger partial charge is 0.493 e. The van der Waals surface area contributed by atoms with Gasteiger partial charge in [0.15, 0.2) is 17.1 Å². The minimum absolute atomic E-state index is 0.670. The van der Waals surface area contributed by atoms with E-state index in [1.54, 1.807) is 14.2 Å². The Morgan fingerprint density at radius 3 is 2.30 bits per heavy atom. The Morgan fingerprint density at radius 1 is 0.833 bits per heavy atom. The first-order valence-corrected chi connectivity index (χ1v) is 9.85. The summed E-state index contributed by atoms with van der Waals surface area (Å²) in [6.07, 6.45) is 0. The molecule has 0 atom stereocenters. The lowest BCUT2D eigenvalue weighted by Gasteiger charge is -2.11. The number of hydrogen-bond acceptors (Lipinski definition) is 5. The average Bonchev–Trinajstić information content (AvgIpc) is 3.07. The van der Waals surface area contributed by atoms with Gasteiger partial charge in [-0.1, -0.05) is 6.07 Å². The smallest absolute Gasteiger partial charge is 0.161 e. The van der Waals surface area contributed by atoms with E-state index >= 15 is 0 Å². The van der Waals surface area contributed by atoms with Crippen molar-refractivity contribution in [2.45, 2.75) is 27.7 Å². The number of anilines is 2. The molecular weight excluding hydrogens is 376 g/mol. The first-order chi connectivity index (χ1) is 14.4. The number of ether oxygens (including phenoxy) is 2. The van der Waals surface area contributed by atoms with Crippen molar-refractivity contribution in [3.8, 4) is 22.8 Å². The zero-order chi connectivity index (χ0) is 21.4. The Balaban J connectivity index is 1.84. The van der Waals surface area contributed by atoms with E-state index in [0.29, 0.717) is 11.5 Å². The summed E-state index contributed by atoms with van der Waals surface area (Å²) in [5.74, 6) is 2.23. The molecule has 154 valence electrons. The van der Waals surface area contributed by atoms with Gasteiger partial charge in [0.25, 0.3) is 0 Å². The highest BCUT2D eigenvalue weighted by Gasteiger charge is 2.17. The number of hydrogen-bond donors (Lipinski definition) is 1. The Hall–Kier alpha value is -3.54. The van der Waals surface area contributed by atoms with Gasteiger partial charge in [0.1, 0.15) is 5.82 Å². The van der Waals surface area contributed by atoms with E-state index in [4.69, 9.17) is 19.6 Å². The highest BCUT2D eigenvalue weighted by molar-refractivity contribution is 5.74. The van der Waals surface area contributed by atoms with Crippen molar-refractivity contribution in [3.63, 3.8) is 0 Å². The third-order valence-electron chi connectivity index (χ3n) is 5.38. The molecule has 4 rings (SSSR count). The van der Waals surface area contributed by atoms with Crippen molar-refractivity contribution in [3.05, 3.63) is 64.8 Å². The molecule has 6 heteroatoms. The number of methoxy groups -OCH3 is 2. The molecule has 0 amide bonds. The molecule has 0 radical (unpaired) electrons. The highest BCUT2D eigenvalue weighted by Crippen LogP contribution is 2.34. The molecule has 0 aliphatic rings. The van der Waals surface area contributed by atoms with Crippen LogP contribution in [0.4, 0.5) is 11.5 Å². The van der Waals surface area contributed by atoms with Crippen LogP contribution in [0.5, 0.6) is 11.5 Å². The molecule has 0 saturated carbocycles. The number of aromatic nitrogens is 3. The van der Waals surface area contributed by atoms with E-state index in [0.717, 1.165) is 39.7 Å². The maximum absolute atomic E-state index is 5.47. The Bertz CT molecular complexity index is 1240. The number of nitrogens with one attached hydrogen (secondary N) is 1. The van der Waals surface area contributed by atoms with Gasteiger partial charge >= 0.3 is 0 Å². The van der Waals surface area contributed by atoms with Crippen molar-refractivity contribution < 1.29 is 9.47 Å². The SMILES string of the molecule is COc1ccc(-c2nn3c(Nc4ccc(C)c(C)c4)cc(C)nc3c2C)cc1OC. The highest BCUT2D eigenvalue weighted by atomic mass is 16.5. The number of aryl methyl sites for hydroxylation is 4. The lowest BCUT2D eigenvalue weighted by Crippen LogP contribution is -2.03. The van der Waals surface area contributed by atoms with Crippen molar-refractivity contribution in [2.75, 3.05) is 19.5 Å². The van der Waals surface area contributed by atoms with Crippen LogP contribution >= 0.6 is 0 Å². The summed E-state index contributed by atoms with van der Waals surface area (Å²) in [6.45, 7) is 8.26. The molecular formula is C24H26N4O2. The van der Waals surface area contributed by atoms with Gasteiger partial charge in [0, 0.05) is 28.6 Å². The quantitative estimate of drug-likeness (QED) is 0.485. The predicted octanol–water partition coefficient (Wildman–Crippen LogP) is 5.39. The summed E-state index contributed by atoms with van der Waals surface area (Å²) in [7, 11) is 3.26. The number of nitrogens with zero attached hydrogens (tertiary/aromatic N) is 3. The zero-order valence-corrected chi connectivity index (χ0v) is 18.2. The van der Waals surface area contributed by atoms with E-state index in [9.17, 15) is 0 Å². The van der Waals surface area contributed by atoms with Crippen LogP contribution in [-0.4, -0.2) is 28.8 Å². The first-order valence-electron chi connectivity index (χ1n) is 9.85. The van der Waals surface area contributed by atoms with Crippen LogP contribution in [0.3, 0.4) is 0 Å². The molecule has 2 heterocycles. The minimum atomic E-state index is 0.670. The van der Waals surface area contributed by atoms with E-state index in [1.807, 2.05) is 42.6 Å². The maximum atomic E-state index is 5.47. The van der Waals surface area contributed by atoms with Gasteiger partial charge in [-0.2, -0.15) is 9.61 Å². The van der Waals surface area contributed by atoms with Gasteiger partial charge in [-0.3, -0.25) is 0 Å². The first kappa shape index (κ1) is 19.8. The van der Waals surface area contributed by atoms with Gasteiger partial charge in [-0.15, -0.1) is 0 Å². The lowest BCUT2D eigenvalue weighted by molar-refractivity contribution is 0.355. The van der Waals surface area contributed by atoms with E-state index in [2.05, 4.69) is 37.4 Å². The number of rotatable bonds is 5. The number of fused-ring (bicyclic) bond motifs is 1. The molecule has 0 saturated heterocycles. The molecule has 2 aromatic carbocycles. The summed E-state index contributed by atoms with van der Waals surface area (Å²) >= 11 is 0. The van der Waals surface area contributed by atoms with Crippen LogP contribution in [0, 0.1) is 27.7 Å². The molecule has 2 aromatic heterocycles. The van der Waals surface area contributed by atoms with E-state index in [-0.39, 0.29) is 0 Å². The lowest BCUT2D eigenvalue weighted by atomic mass is 10.1. The molecule has 0 aliphatic heterocycles. The summed E-state index contributed by atoms with van der Waals surface area (Å²) in [4.78, 5) is 4.74. The average molecular weight is 402 g/mol. The Morgan fingerprint density at radius 2 is 1.60 bits per heavy atom. The van der Waals surface area contributed by atoms with Crippen LogP contribution in [0.15, 0.2) is 42.5 Å². The second kappa shape index (κ2) is 7.71. The molecule has 0 spiro atoms. The van der Waals surface area contributed by atoms with Crippen LogP contribution in [0.2, 0.25) is 0 Å². The summed E-state index contributed by atoms with van der Waals surface area (Å²) in [5, 5.41) is 8.39. The number of benzene rings is 2. The van der Waals surface area contributed by atoms with Crippen LogP contribution < -0.4 is 14.8 Å². The molecule has 4 aromatic rings. The predicted molar refractivity (Wildman–Crippen MR) is 120 cm³/mol. The van der Waals surface area contributed by atoms with Gasteiger partial charge < -0.3 is 14.8 Å². The maximum Gasteiger partial charge on any atom is 0.161 e. The molecule has 6 nitrogen and oxygen atoms in total. The standard InChI is InChI=1S/C24H26N4O2/c1-14-7-9-19(11-15(14)2)26-22-12-16(3)25-24-17(4)23(27-28(22)24)18-8-10-20(29-5)21(13-18)30-6/h7-13,26H,1-6H3. The van der Waals surface area contributed by atoms with Crippen LogP contribution in [0.25, 0.3) is 16.9 Å². The Kier molecular flexibility index (Phi) is 5.08. The van der Waals surface area contributed by atoms with Crippen molar-refractivity contribution in [2.24, 2.45) is 0 Å².